The molecule has 0 amide bonds. The molecular formula is C5H9N3Ta. The Morgan fingerprint density at radius 3 is 2.67 bits per heavy atom. The van der Waals surface area contributed by atoms with Gasteiger partial charge in [-0.15, -0.1) is 0 Å². The fourth-order valence-electron chi connectivity index (χ4n) is 1.12. The molecule has 0 aromatic rings. The number of azide groups is 1. The van der Waals surface area contributed by atoms with Gasteiger partial charge in [0.25, 0.3) is 0 Å². The summed E-state index contributed by atoms with van der Waals surface area (Å²) in [7, 11) is 0. The molecule has 9 heavy (non-hydrogen) atoms. The Balaban J connectivity index is 2.18. The summed E-state index contributed by atoms with van der Waals surface area (Å²) in [5, 5.41) is 0. The van der Waals surface area contributed by atoms with Crippen molar-refractivity contribution in [2.75, 3.05) is 0 Å². The maximum absolute atomic E-state index is 8.03. The second kappa shape index (κ2) is 3.96. The normalized spacial score (nSPS) is 19.1. The van der Waals surface area contributed by atoms with Gasteiger partial charge in [-0.05, 0) is 0 Å². The van der Waals surface area contributed by atoms with E-state index in [0.717, 1.165) is 4.14 Å². The van der Waals surface area contributed by atoms with Crippen LogP contribution in [0, 0.1) is 0 Å². The molecule has 0 heterocycles. The van der Waals surface area contributed by atoms with Gasteiger partial charge in [-0.25, -0.2) is 0 Å². The second-order valence-corrected chi connectivity index (χ2v) is 6.33. The molecule has 1 aliphatic carbocycles. The predicted octanol–water partition coefficient (Wildman–Crippen LogP) is 2.66. The van der Waals surface area contributed by atoms with Gasteiger partial charge in [-0.3, -0.25) is 0 Å². The summed E-state index contributed by atoms with van der Waals surface area (Å²) in [6.07, 6.45) is 5.43. The molecule has 49 valence electrons. The third kappa shape index (κ3) is 2.41. The summed E-state index contributed by atoms with van der Waals surface area (Å²) in [5.41, 5.74) is 8.03. The van der Waals surface area contributed by atoms with E-state index in [4.69, 9.17) is 5.53 Å². The minimum atomic E-state index is -0.741. The standard InChI is InChI=1S/C5H9.N3.Ta/c1-2-4-5-3-1;1-3-2;/h1H,2-5H2;;/q;-1;+1. The first-order chi connectivity index (χ1) is 4.43. The van der Waals surface area contributed by atoms with Crippen molar-refractivity contribution in [3.05, 3.63) is 10.4 Å². The van der Waals surface area contributed by atoms with Gasteiger partial charge in [-0.2, -0.15) is 0 Å². The predicted molar refractivity (Wildman–Crippen MR) is 31.4 cm³/mol. The molecule has 1 rings (SSSR count). The summed E-state index contributed by atoms with van der Waals surface area (Å²) in [6, 6.07) is 0. The first-order valence-electron chi connectivity index (χ1n) is 3.17. The summed E-state index contributed by atoms with van der Waals surface area (Å²) in [6.45, 7) is 0. The Morgan fingerprint density at radius 1 is 1.44 bits per heavy atom. The van der Waals surface area contributed by atoms with Crippen LogP contribution in [0.2, 0.25) is 4.14 Å². The van der Waals surface area contributed by atoms with E-state index in [1.807, 2.05) is 0 Å². The average Bonchev–Trinajstić information content (AvgIpc) is 2.34. The molecule has 0 aliphatic heterocycles. The minimum absolute atomic E-state index is 0.741. The molecule has 0 bridgehead atoms. The fraction of sp³-hybridized carbons (Fsp3) is 1.00. The van der Waals surface area contributed by atoms with Gasteiger partial charge in [0.1, 0.15) is 0 Å². The van der Waals surface area contributed by atoms with Crippen molar-refractivity contribution in [1.82, 2.24) is 0 Å². The van der Waals surface area contributed by atoms with Crippen LogP contribution in [0.3, 0.4) is 0 Å². The Morgan fingerprint density at radius 2 is 2.11 bits per heavy atom. The zero-order valence-corrected chi connectivity index (χ0v) is 8.41. The average molecular weight is 292 g/mol. The SMILES string of the molecule is [N-]=[N+]=[N][Ta][CH]1CCCC1. The van der Waals surface area contributed by atoms with E-state index < -0.39 is 20.0 Å². The third-order valence-corrected chi connectivity index (χ3v) is 5.27. The molecule has 3 nitrogen and oxygen atoms in total. The molecule has 4 heteroatoms. The first-order valence-corrected chi connectivity index (χ1v) is 6.47. The Hall–Kier alpha value is 0.0503. The molecule has 1 aliphatic rings. The maximum atomic E-state index is 8.03. The van der Waals surface area contributed by atoms with Crippen molar-refractivity contribution >= 4 is 0 Å². The summed E-state index contributed by atoms with van der Waals surface area (Å²) >= 11 is -0.741. The molecule has 0 aromatic carbocycles. The van der Waals surface area contributed by atoms with E-state index in [1.54, 1.807) is 0 Å². The number of hydrogen-bond acceptors (Lipinski definition) is 1. The van der Waals surface area contributed by atoms with Gasteiger partial charge < -0.3 is 0 Å². The van der Waals surface area contributed by atoms with E-state index in [0.29, 0.717) is 0 Å². The van der Waals surface area contributed by atoms with Crippen LogP contribution < -0.4 is 0 Å². The number of nitrogens with zero attached hydrogens (tertiary/aromatic N) is 3. The van der Waals surface area contributed by atoms with E-state index in [9.17, 15) is 0 Å². The molecule has 0 aromatic heterocycles. The van der Waals surface area contributed by atoms with Gasteiger partial charge in [0, 0.05) is 0 Å². The van der Waals surface area contributed by atoms with Crippen LogP contribution in [0.1, 0.15) is 25.7 Å². The van der Waals surface area contributed by atoms with Crippen molar-refractivity contribution in [1.29, 1.82) is 0 Å². The van der Waals surface area contributed by atoms with Gasteiger partial charge in [-0.1, -0.05) is 0 Å². The van der Waals surface area contributed by atoms with Crippen LogP contribution in [-0.2, 0) is 20.0 Å². The van der Waals surface area contributed by atoms with Crippen molar-refractivity contribution in [3.63, 3.8) is 0 Å². The summed E-state index contributed by atoms with van der Waals surface area (Å²) in [4.78, 5) is 2.80. The Labute approximate surface area is 64.1 Å². The van der Waals surface area contributed by atoms with Crippen molar-refractivity contribution in [3.8, 4) is 0 Å². The molecule has 0 spiro atoms. The monoisotopic (exact) mass is 292 g/mol. The summed E-state index contributed by atoms with van der Waals surface area (Å²) < 4.78 is 4.59. The van der Waals surface area contributed by atoms with Gasteiger partial charge >= 0.3 is 63.8 Å². The molecule has 0 N–H and O–H groups in total. The van der Waals surface area contributed by atoms with E-state index in [2.05, 4.69) is 8.43 Å². The Bertz CT molecular complexity index is 124. The van der Waals surface area contributed by atoms with Crippen LogP contribution >= 0.6 is 0 Å². The Kier molecular flexibility index (Phi) is 3.15. The van der Waals surface area contributed by atoms with Crippen LogP contribution in [0.4, 0.5) is 0 Å². The van der Waals surface area contributed by atoms with E-state index >= 15 is 0 Å². The van der Waals surface area contributed by atoms with Crippen LogP contribution in [-0.4, -0.2) is 0 Å². The van der Waals surface area contributed by atoms with Gasteiger partial charge in [0.15, 0.2) is 0 Å². The van der Waals surface area contributed by atoms with Gasteiger partial charge in [0.05, 0.1) is 0 Å². The third-order valence-electron chi connectivity index (χ3n) is 1.58. The van der Waals surface area contributed by atoms with Crippen molar-refractivity contribution in [2.45, 2.75) is 29.8 Å². The molecule has 1 saturated carbocycles. The van der Waals surface area contributed by atoms with Crippen molar-refractivity contribution in [2.24, 2.45) is 3.52 Å². The molecular weight excluding hydrogens is 283 g/mol. The van der Waals surface area contributed by atoms with Crippen LogP contribution in [0.5, 0.6) is 0 Å². The summed E-state index contributed by atoms with van der Waals surface area (Å²) in [5.74, 6) is 0. The molecule has 1 fully saturated rings. The van der Waals surface area contributed by atoms with Gasteiger partial charge in [0.2, 0.25) is 0 Å². The first kappa shape index (κ1) is 7.16. The van der Waals surface area contributed by atoms with E-state index in [-0.39, 0.29) is 0 Å². The molecule has 0 unspecified atom stereocenters. The number of rotatable bonds is 2. The quantitative estimate of drug-likeness (QED) is 0.427. The molecule has 0 saturated heterocycles. The zero-order chi connectivity index (χ0) is 6.53. The zero-order valence-electron chi connectivity index (χ0n) is 5.19. The number of hydrogen-bond donors (Lipinski definition) is 0. The second-order valence-electron chi connectivity index (χ2n) is 2.23. The van der Waals surface area contributed by atoms with Crippen LogP contribution in [0.15, 0.2) is 3.52 Å². The molecule has 0 radical (unpaired) electrons. The molecule has 0 atom stereocenters. The van der Waals surface area contributed by atoms with Crippen LogP contribution in [0.25, 0.3) is 10.4 Å². The van der Waals surface area contributed by atoms with Crippen molar-refractivity contribution < 1.29 is 20.0 Å². The topological polar surface area (TPSA) is 48.8 Å². The fourth-order valence-corrected chi connectivity index (χ4v) is 3.95. The van der Waals surface area contributed by atoms with E-state index in [1.165, 1.54) is 25.7 Å².